The van der Waals surface area contributed by atoms with Crippen LogP contribution in [0.5, 0.6) is 0 Å². The summed E-state index contributed by atoms with van der Waals surface area (Å²) < 4.78 is 5.50. The van der Waals surface area contributed by atoms with Crippen molar-refractivity contribution in [3.63, 3.8) is 0 Å². The monoisotopic (exact) mass is 445 g/mol. The Bertz CT molecular complexity index is 298. The molecule has 0 aromatic heterocycles. The van der Waals surface area contributed by atoms with E-state index < -0.39 is 0 Å². The number of hydrogen-bond donors (Lipinski definition) is 0. The molecule has 2 nitrogen and oxygen atoms in total. The van der Waals surface area contributed by atoms with Crippen molar-refractivity contribution in [3.8, 4) is 0 Å². The van der Waals surface area contributed by atoms with Gasteiger partial charge in [-0.1, -0.05) is 129 Å². The molecule has 30 heavy (non-hydrogen) atoms. The van der Waals surface area contributed by atoms with Crippen LogP contribution in [0.15, 0.2) is 0 Å². The smallest absolute Gasteiger partial charge is 0.0936 e. The zero-order valence-corrected chi connectivity index (χ0v) is 21.6. The van der Waals surface area contributed by atoms with Gasteiger partial charge >= 0.3 is 0 Å². The van der Waals surface area contributed by atoms with Crippen molar-refractivity contribution in [2.24, 2.45) is 0 Å². The van der Waals surface area contributed by atoms with Crippen LogP contribution in [0.4, 0.5) is 0 Å². The van der Waals surface area contributed by atoms with Crippen LogP contribution in [0.25, 0.3) is 0 Å². The van der Waals surface area contributed by atoms with Gasteiger partial charge in [0.1, 0.15) is 0 Å². The molecule has 1 heterocycles. The van der Waals surface area contributed by atoms with Crippen molar-refractivity contribution in [2.45, 2.75) is 148 Å². The van der Waals surface area contributed by atoms with E-state index in [1.807, 2.05) is 0 Å². The zero-order valence-electron chi connectivity index (χ0n) is 20.8. The molecular weight excluding hydrogens is 390 g/mol. The summed E-state index contributed by atoms with van der Waals surface area (Å²) in [5, 5.41) is 0. The summed E-state index contributed by atoms with van der Waals surface area (Å²) in [6.45, 7) is 9.40. The second-order valence-corrected chi connectivity index (χ2v) is 9.62. The summed E-state index contributed by atoms with van der Waals surface area (Å²) >= 11 is 0. The summed E-state index contributed by atoms with van der Waals surface area (Å²) in [6, 6.07) is 0. The molecule has 1 atom stereocenters. The molecule has 0 amide bonds. The van der Waals surface area contributed by atoms with Crippen LogP contribution < -0.4 is 0 Å². The van der Waals surface area contributed by atoms with E-state index in [9.17, 15) is 0 Å². The first-order valence-electron chi connectivity index (χ1n) is 13.7. The maximum atomic E-state index is 5.50. The van der Waals surface area contributed by atoms with Crippen molar-refractivity contribution in [3.05, 3.63) is 0 Å². The molecule has 1 unspecified atom stereocenters. The van der Waals surface area contributed by atoms with Gasteiger partial charge in [0.25, 0.3) is 0 Å². The first kappa shape index (κ1) is 30.2. The predicted octanol–water partition coefficient (Wildman–Crippen LogP) is 8.95. The fourth-order valence-corrected chi connectivity index (χ4v) is 4.40. The number of hydrogen-bond acceptors (Lipinski definition) is 2. The van der Waals surface area contributed by atoms with E-state index in [4.69, 9.17) is 4.74 Å². The van der Waals surface area contributed by atoms with Crippen LogP contribution in [-0.4, -0.2) is 37.2 Å². The molecular formula is C27H56ClNO. The molecule has 182 valence electrons. The number of halogens is 1. The summed E-state index contributed by atoms with van der Waals surface area (Å²) in [4.78, 5) is 2.70. The zero-order chi connectivity index (χ0) is 20.8. The van der Waals surface area contributed by atoms with Crippen molar-refractivity contribution >= 4 is 12.4 Å². The second-order valence-electron chi connectivity index (χ2n) is 9.62. The lowest BCUT2D eigenvalue weighted by Gasteiger charge is -2.21. The lowest BCUT2D eigenvalue weighted by molar-refractivity contribution is 0.232. The largest absolute Gasteiger partial charge is 0.372 e. The van der Waals surface area contributed by atoms with Crippen LogP contribution in [0, 0.1) is 0 Å². The van der Waals surface area contributed by atoms with E-state index in [0.29, 0.717) is 6.10 Å². The Labute approximate surface area is 196 Å². The van der Waals surface area contributed by atoms with E-state index in [-0.39, 0.29) is 12.4 Å². The molecule has 0 N–H and O–H groups in total. The molecule has 0 aromatic carbocycles. The average Bonchev–Trinajstić information content (AvgIpc) is 3.54. The van der Waals surface area contributed by atoms with Crippen LogP contribution in [-0.2, 0) is 4.74 Å². The third-order valence-electron chi connectivity index (χ3n) is 6.52. The summed E-state index contributed by atoms with van der Waals surface area (Å²) in [7, 11) is 0. The lowest BCUT2D eigenvalue weighted by atomic mass is 10.1. The van der Waals surface area contributed by atoms with Gasteiger partial charge in [0, 0.05) is 6.54 Å². The van der Waals surface area contributed by atoms with Crippen molar-refractivity contribution in [2.75, 3.05) is 26.2 Å². The van der Waals surface area contributed by atoms with E-state index >= 15 is 0 Å². The summed E-state index contributed by atoms with van der Waals surface area (Å²) in [5.74, 6) is 0. The fourth-order valence-electron chi connectivity index (χ4n) is 4.40. The van der Waals surface area contributed by atoms with Gasteiger partial charge in [0.05, 0.1) is 12.7 Å². The minimum atomic E-state index is 0. The third-order valence-corrected chi connectivity index (χ3v) is 6.52. The highest BCUT2D eigenvalue weighted by Gasteiger charge is 2.24. The summed E-state index contributed by atoms with van der Waals surface area (Å²) in [5.41, 5.74) is 0. The van der Waals surface area contributed by atoms with E-state index in [1.165, 1.54) is 148 Å². The minimum Gasteiger partial charge on any atom is -0.372 e. The molecule has 0 aliphatic carbocycles. The molecule has 1 rings (SSSR count). The van der Waals surface area contributed by atoms with Crippen LogP contribution in [0.2, 0.25) is 0 Å². The topological polar surface area (TPSA) is 15.8 Å². The molecule has 0 radical (unpaired) electrons. The second kappa shape index (κ2) is 23.9. The first-order valence-corrected chi connectivity index (χ1v) is 13.7. The number of rotatable bonds is 24. The average molecular weight is 446 g/mol. The molecule has 0 spiro atoms. The fraction of sp³-hybridized carbons (Fsp3) is 1.00. The summed E-state index contributed by atoms with van der Waals surface area (Å²) in [6.07, 6.45) is 29.2. The third kappa shape index (κ3) is 21.4. The molecule has 1 aliphatic rings. The highest BCUT2D eigenvalue weighted by atomic mass is 35.5. The Morgan fingerprint density at radius 2 is 0.833 bits per heavy atom. The number of epoxide rings is 1. The highest BCUT2D eigenvalue weighted by Crippen LogP contribution is 2.15. The first-order chi connectivity index (χ1) is 14.4. The molecule has 0 bridgehead atoms. The van der Waals surface area contributed by atoms with E-state index in [2.05, 4.69) is 18.7 Å². The van der Waals surface area contributed by atoms with Gasteiger partial charge in [0.15, 0.2) is 0 Å². The van der Waals surface area contributed by atoms with Crippen molar-refractivity contribution in [1.29, 1.82) is 0 Å². The number of ether oxygens (including phenoxy) is 1. The maximum absolute atomic E-state index is 5.50. The molecule has 1 aliphatic heterocycles. The van der Waals surface area contributed by atoms with Gasteiger partial charge in [0.2, 0.25) is 0 Å². The molecule has 0 aromatic rings. The van der Waals surface area contributed by atoms with E-state index in [0.717, 1.165) is 6.61 Å². The van der Waals surface area contributed by atoms with Crippen LogP contribution in [0.3, 0.4) is 0 Å². The van der Waals surface area contributed by atoms with Gasteiger partial charge in [-0.2, -0.15) is 0 Å². The quantitative estimate of drug-likeness (QED) is 0.109. The Hall–Kier alpha value is 0.210. The minimum absolute atomic E-state index is 0. The van der Waals surface area contributed by atoms with Gasteiger partial charge < -0.3 is 9.64 Å². The SMILES string of the molecule is CCCCCCCCCCCCN(CCCCCCCCCCCC)CC1CO1.Cl. The van der Waals surface area contributed by atoms with Gasteiger partial charge in [-0.05, 0) is 25.9 Å². The Morgan fingerprint density at radius 3 is 1.13 bits per heavy atom. The molecule has 0 saturated carbocycles. The highest BCUT2D eigenvalue weighted by molar-refractivity contribution is 5.85. The van der Waals surface area contributed by atoms with Crippen LogP contribution in [0.1, 0.15) is 142 Å². The Kier molecular flexibility index (Phi) is 24.0. The Balaban J connectivity index is 0.00000841. The standard InChI is InChI=1S/C27H55NO.ClH/c1-3-5-7-9-11-13-15-17-19-21-23-28(25-27-26-29-27)24-22-20-18-16-14-12-10-8-6-4-2;/h27H,3-26H2,1-2H3;1H. The molecule has 1 saturated heterocycles. The van der Waals surface area contributed by atoms with Crippen molar-refractivity contribution in [1.82, 2.24) is 4.90 Å². The van der Waals surface area contributed by atoms with Crippen LogP contribution >= 0.6 is 12.4 Å². The van der Waals surface area contributed by atoms with Gasteiger partial charge in [-0.25, -0.2) is 0 Å². The lowest BCUT2D eigenvalue weighted by Crippen LogP contribution is -2.30. The molecule has 1 fully saturated rings. The predicted molar refractivity (Wildman–Crippen MR) is 137 cm³/mol. The Morgan fingerprint density at radius 1 is 0.533 bits per heavy atom. The van der Waals surface area contributed by atoms with Gasteiger partial charge in [-0.15, -0.1) is 12.4 Å². The van der Waals surface area contributed by atoms with E-state index in [1.54, 1.807) is 0 Å². The maximum Gasteiger partial charge on any atom is 0.0936 e. The normalized spacial score (nSPS) is 15.5. The number of unbranched alkanes of at least 4 members (excludes halogenated alkanes) is 18. The van der Waals surface area contributed by atoms with Crippen molar-refractivity contribution < 1.29 is 4.74 Å². The molecule has 3 heteroatoms. The number of nitrogens with zero attached hydrogens (tertiary/aromatic N) is 1. The van der Waals surface area contributed by atoms with Gasteiger partial charge in [-0.3, -0.25) is 0 Å².